The molecular formula is C15H18N4OS. The van der Waals surface area contributed by atoms with Gasteiger partial charge in [-0.1, -0.05) is 12.1 Å². The molecule has 0 unspecified atom stereocenters. The lowest BCUT2D eigenvalue weighted by Crippen LogP contribution is -2.44. The zero-order valence-corrected chi connectivity index (χ0v) is 12.7. The van der Waals surface area contributed by atoms with Crippen molar-refractivity contribution in [1.82, 2.24) is 15.5 Å². The molecule has 2 N–H and O–H groups in total. The number of rotatable bonds is 2. The molecule has 0 saturated carbocycles. The topological polar surface area (TPSA) is 47.6 Å². The summed E-state index contributed by atoms with van der Waals surface area (Å²) >= 11 is 4.91. The first-order chi connectivity index (χ1) is 10.1. The fourth-order valence-corrected chi connectivity index (χ4v) is 2.70. The molecule has 2 heterocycles. The van der Waals surface area contributed by atoms with Crippen LogP contribution in [0.3, 0.4) is 0 Å². The molecule has 110 valence electrons. The summed E-state index contributed by atoms with van der Waals surface area (Å²) in [4.78, 5) is 16.3. The molecule has 1 amide bonds. The number of piperazine rings is 1. The SMILES string of the molecule is CN1CCN(c2ccc(C=C3NC(=S)NC3=O)cc2)CC1. The lowest BCUT2D eigenvalue weighted by molar-refractivity contribution is -0.115. The third-order valence-corrected chi connectivity index (χ3v) is 4.00. The highest BCUT2D eigenvalue weighted by atomic mass is 32.1. The zero-order valence-electron chi connectivity index (χ0n) is 11.9. The van der Waals surface area contributed by atoms with Gasteiger partial charge in [-0.25, -0.2) is 0 Å². The van der Waals surface area contributed by atoms with Crippen molar-refractivity contribution in [2.75, 3.05) is 38.1 Å². The summed E-state index contributed by atoms with van der Waals surface area (Å²) in [5, 5.41) is 5.77. The van der Waals surface area contributed by atoms with Crippen molar-refractivity contribution >= 4 is 35.0 Å². The van der Waals surface area contributed by atoms with E-state index in [9.17, 15) is 4.79 Å². The monoisotopic (exact) mass is 302 g/mol. The smallest absolute Gasteiger partial charge is 0.273 e. The van der Waals surface area contributed by atoms with Gasteiger partial charge in [-0.05, 0) is 43.0 Å². The predicted octanol–water partition coefficient (Wildman–Crippen LogP) is 0.784. The highest BCUT2D eigenvalue weighted by Gasteiger charge is 2.20. The van der Waals surface area contributed by atoms with E-state index in [1.54, 1.807) is 0 Å². The van der Waals surface area contributed by atoms with Gasteiger partial charge in [0.05, 0.1) is 0 Å². The number of carbonyl (C=O) groups is 1. The quantitative estimate of drug-likeness (QED) is 0.625. The molecule has 0 aromatic heterocycles. The summed E-state index contributed by atoms with van der Waals surface area (Å²) in [7, 11) is 2.15. The van der Waals surface area contributed by atoms with Crippen molar-refractivity contribution in [3.05, 3.63) is 35.5 Å². The van der Waals surface area contributed by atoms with Gasteiger partial charge in [-0.2, -0.15) is 0 Å². The Hall–Kier alpha value is -1.92. The molecule has 3 rings (SSSR count). The number of nitrogens with one attached hydrogen (secondary N) is 2. The van der Waals surface area contributed by atoms with Gasteiger partial charge in [-0.3, -0.25) is 10.1 Å². The first-order valence-electron chi connectivity index (χ1n) is 6.99. The fourth-order valence-electron chi connectivity index (χ4n) is 2.50. The molecule has 1 aromatic rings. The van der Waals surface area contributed by atoms with Gasteiger partial charge in [0.1, 0.15) is 5.70 Å². The Morgan fingerprint density at radius 3 is 2.33 bits per heavy atom. The Kier molecular flexibility index (Phi) is 3.90. The Labute approximate surface area is 129 Å². The van der Waals surface area contributed by atoms with Crippen LogP contribution in [0, 0.1) is 0 Å². The lowest BCUT2D eigenvalue weighted by Gasteiger charge is -2.34. The van der Waals surface area contributed by atoms with Crippen LogP contribution in [-0.2, 0) is 4.79 Å². The molecule has 0 aliphatic carbocycles. The standard InChI is InChI=1S/C15H18N4OS/c1-18-6-8-19(9-7-18)12-4-2-11(3-5-12)10-13-14(20)17-15(21)16-13/h2-5,10H,6-9H2,1H3,(H2,16,17,20,21). The van der Waals surface area contributed by atoms with E-state index in [1.807, 2.05) is 18.2 Å². The van der Waals surface area contributed by atoms with Gasteiger partial charge >= 0.3 is 0 Å². The Morgan fingerprint density at radius 1 is 1.10 bits per heavy atom. The number of amides is 1. The first kappa shape index (κ1) is 14.0. The molecule has 0 radical (unpaired) electrons. The average molecular weight is 302 g/mol. The van der Waals surface area contributed by atoms with Gasteiger partial charge in [0.25, 0.3) is 5.91 Å². The average Bonchev–Trinajstić information content (AvgIpc) is 2.79. The number of benzene rings is 1. The zero-order chi connectivity index (χ0) is 14.8. The van der Waals surface area contributed by atoms with Crippen molar-refractivity contribution in [3.8, 4) is 0 Å². The molecule has 2 fully saturated rings. The molecule has 5 nitrogen and oxygen atoms in total. The summed E-state index contributed by atoms with van der Waals surface area (Å²) in [5.74, 6) is -0.178. The number of carbonyl (C=O) groups excluding carboxylic acids is 1. The van der Waals surface area contributed by atoms with Crippen LogP contribution >= 0.6 is 12.2 Å². The number of anilines is 1. The lowest BCUT2D eigenvalue weighted by atomic mass is 10.1. The maximum Gasteiger partial charge on any atom is 0.273 e. The Balaban J connectivity index is 1.71. The first-order valence-corrected chi connectivity index (χ1v) is 7.40. The van der Waals surface area contributed by atoms with Gasteiger partial charge in [0.15, 0.2) is 5.11 Å². The number of likely N-dealkylation sites (N-methyl/N-ethyl adjacent to an activating group) is 1. The number of hydrogen-bond acceptors (Lipinski definition) is 4. The second-order valence-corrected chi connectivity index (χ2v) is 5.76. The summed E-state index contributed by atoms with van der Waals surface area (Å²) in [5.41, 5.74) is 2.70. The molecule has 0 bridgehead atoms. The Bertz CT molecular complexity index is 588. The third-order valence-electron chi connectivity index (χ3n) is 3.79. The molecular weight excluding hydrogens is 284 g/mol. The van der Waals surface area contributed by atoms with Crippen LogP contribution in [0.4, 0.5) is 5.69 Å². The highest BCUT2D eigenvalue weighted by Crippen LogP contribution is 2.18. The molecule has 2 saturated heterocycles. The second-order valence-electron chi connectivity index (χ2n) is 5.35. The van der Waals surface area contributed by atoms with Crippen LogP contribution in [-0.4, -0.2) is 49.1 Å². The van der Waals surface area contributed by atoms with Crippen LogP contribution < -0.4 is 15.5 Å². The van der Waals surface area contributed by atoms with Gasteiger partial charge in [-0.15, -0.1) is 0 Å². The number of nitrogens with zero attached hydrogens (tertiary/aromatic N) is 2. The van der Waals surface area contributed by atoms with Crippen molar-refractivity contribution < 1.29 is 4.79 Å². The summed E-state index contributed by atoms with van der Waals surface area (Å²) in [6, 6.07) is 8.25. The summed E-state index contributed by atoms with van der Waals surface area (Å²) in [6.45, 7) is 4.28. The fraction of sp³-hybridized carbons (Fsp3) is 0.333. The summed E-state index contributed by atoms with van der Waals surface area (Å²) in [6.07, 6.45) is 1.81. The molecule has 1 aromatic carbocycles. The molecule has 0 atom stereocenters. The van der Waals surface area contributed by atoms with Crippen LogP contribution in [0.25, 0.3) is 6.08 Å². The van der Waals surface area contributed by atoms with Crippen molar-refractivity contribution in [3.63, 3.8) is 0 Å². The minimum Gasteiger partial charge on any atom is -0.369 e. The van der Waals surface area contributed by atoms with E-state index < -0.39 is 0 Å². The van der Waals surface area contributed by atoms with Crippen molar-refractivity contribution in [1.29, 1.82) is 0 Å². The molecule has 2 aliphatic rings. The van der Waals surface area contributed by atoms with Crippen molar-refractivity contribution in [2.24, 2.45) is 0 Å². The van der Waals surface area contributed by atoms with Gasteiger partial charge < -0.3 is 15.1 Å². The predicted molar refractivity (Wildman–Crippen MR) is 88.0 cm³/mol. The molecule has 2 aliphatic heterocycles. The van der Waals surface area contributed by atoms with E-state index in [1.165, 1.54) is 5.69 Å². The largest absolute Gasteiger partial charge is 0.369 e. The minimum absolute atomic E-state index is 0.178. The maximum atomic E-state index is 11.6. The van der Waals surface area contributed by atoms with E-state index in [4.69, 9.17) is 12.2 Å². The second kappa shape index (κ2) is 5.83. The minimum atomic E-state index is -0.178. The van der Waals surface area contributed by atoms with Crippen LogP contribution in [0.15, 0.2) is 30.0 Å². The van der Waals surface area contributed by atoms with Crippen LogP contribution in [0.2, 0.25) is 0 Å². The highest BCUT2D eigenvalue weighted by molar-refractivity contribution is 7.80. The molecule has 21 heavy (non-hydrogen) atoms. The van der Waals surface area contributed by atoms with E-state index in [0.717, 1.165) is 31.7 Å². The third kappa shape index (κ3) is 3.22. The molecule has 6 heteroatoms. The molecule has 0 spiro atoms. The van der Waals surface area contributed by atoms with Crippen molar-refractivity contribution in [2.45, 2.75) is 0 Å². The normalized spacial score (nSPS) is 21.6. The maximum absolute atomic E-state index is 11.6. The van der Waals surface area contributed by atoms with E-state index >= 15 is 0 Å². The van der Waals surface area contributed by atoms with E-state index in [-0.39, 0.29) is 5.91 Å². The van der Waals surface area contributed by atoms with Crippen LogP contribution in [0.1, 0.15) is 5.56 Å². The summed E-state index contributed by atoms with van der Waals surface area (Å²) < 4.78 is 0. The van der Waals surface area contributed by atoms with Gasteiger partial charge in [0.2, 0.25) is 0 Å². The van der Waals surface area contributed by atoms with E-state index in [0.29, 0.717) is 10.8 Å². The van der Waals surface area contributed by atoms with E-state index in [2.05, 4.69) is 39.6 Å². The Morgan fingerprint density at radius 2 is 1.76 bits per heavy atom. The number of thiocarbonyl (C=S) groups is 1. The van der Waals surface area contributed by atoms with Crippen LogP contribution in [0.5, 0.6) is 0 Å². The van der Waals surface area contributed by atoms with Gasteiger partial charge in [0, 0.05) is 31.9 Å². The number of hydrogen-bond donors (Lipinski definition) is 2.